The molecule has 0 aliphatic carbocycles. The zero-order chi connectivity index (χ0) is 22.7. The van der Waals surface area contributed by atoms with Gasteiger partial charge in [0.2, 0.25) is 0 Å². The molecule has 168 valence electrons. The Balaban J connectivity index is 1.37. The Bertz CT molecular complexity index is 1350. The third kappa shape index (κ3) is 3.31. The molecule has 2 unspecified atom stereocenters. The highest BCUT2D eigenvalue weighted by Crippen LogP contribution is 2.37. The number of piperazine rings is 1. The minimum Gasteiger partial charge on any atom is -0.465 e. The van der Waals surface area contributed by atoms with E-state index in [4.69, 9.17) is 16.6 Å². The van der Waals surface area contributed by atoms with Crippen LogP contribution in [0.1, 0.15) is 12.8 Å². The van der Waals surface area contributed by atoms with E-state index in [0.717, 1.165) is 46.4 Å². The molecular formula is C23H22ClN7O2. The van der Waals surface area contributed by atoms with Crippen LogP contribution in [0.4, 0.5) is 10.6 Å². The van der Waals surface area contributed by atoms with Crippen molar-refractivity contribution in [3.8, 4) is 22.3 Å². The second kappa shape index (κ2) is 7.48. The fraction of sp³-hybridized carbons (Fsp3) is 0.304. The summed E-state index contributed by atoms with van der Waals surface area (Å²) in [6, 6.07) is 6.50. The molecule has 2 aliphatic heterocycles. The third-order valence-electron chi connectivity index (χ3n) is 6.68. The topological polar surface area (TPSA) is 91.8 Å². The van der Waals surface area contributed by atoms with Gasteiger partial charge in [-0.05, 0) is 31.0 Å². The van der Waals surface area contributed by atoms with E-state index in [1.165, 1.54) is 4.90 Å². The number of halogens is 1. The van der Waals surface area contributed by atoms with Crippen molar-refractivity contribution in [2.45, 2.75) is 24.9 Å². The molecule has 0 spiro atoms. The zero-order valence-corrected chi connectivity index (χ0v) is 18.7. The van der Waals surface area contributed by atoms with Crippen molar-refractivity contribution in [2.24, 2.45) is 7.05 Å². The Labute approximate surface area is 194 Å². The van der Waals surface area contributed by atoms with Crippen LogP contribution in [0.3, 0.4) is 0 Å². The van der Waals surface area contributed by atoms with Crippen LogP contribution in [0, 0.1) is 0 Å². The van der Waals surface area contributed by atoms with Gasteiger partial charge < -0.3 is 14.9 Å². The molecule has 2 fully saturated rings. The number of fused-ring (bicyclic) bond motifs is 3. The average Bonchev–Trinajstić information content (AvgIpc) is 3.49. The summed E-state index contributed by atoms with van der Waals surface area (Å²) in [5.74, 6) is 0.885. The minimum absolute atomic E-state index is 0.170. The molecule has 0 radical (unpaired) electrons. The summed E-state index contributed by atoms with van der Waals surface area (Å²) in [7, 11) is 1.89. The molecule has 2 bridgehead atoms. The molecule has 4 aromatic rings. The molecule has 2 aliphatic rings. The van der Waals surface area contributed by atoms with Crippen LogP contribution in [-0.4, -0.2) is 65.7 Å². The number of anilines is 1. The molecule has 4 aromatic heterocycles. The van der Waals surface area contributed by atoms with Gasteiger partial charge in [0.05, 0.1) is 22.9 Å². The van der Waals surface area contributed by atoms with E-state index >= 15 is 0 Å². The summed E-state index contributed by atoms with van der Waals surface area (Å²) in [5, 5.41) is 18.7. The first-order valence-electron chi connectivity index (χ1n) is 10.9. The first-order valence-corrected chi connectivity index (χ1v) is 11.2. The lowest BCUT2D eigenvalue weighted by molar-refractivity contribution is 0.133. The van der Waals surface area contributed by atoms with E-state index in [2.05, 4.69) is 27.2 Å². The largest absolute Gasteiger partial charge is 0.465 e. The summed E-state index contributed by atoms with van der Waals surface area (Å²) in [6.45, 7) is 1.04. The number of likely N-dealkylation sites (tertiary alicyclic amines) is 1. The van der Waals surface area contributed by atoms with Crippen LogP contribution in [-0.2, 0) is 7.05 Å². The van der Waals surface area contributed by atoms with Crippen LogP contribution in [0.25, 0.3) is 27.8 Å². The van der Waals surface area contributed by atoms with Crippen LogP contribution >= 0.6 is 11.6 Å². The predicted molar refractivity (Wildman–Crippen MR) is 125 cm³/mol. The lowest BCUT2D eigenvalue weighted by Crippen LogP contribution is -2.55. The normalized spacial score (nSPS) is 20.1. The number of hydrogen-bond acceptors (Lipinski definition) is 5. The van der Waals surface area contributed by atoms with Gasteiger partial charge in [-0.1, -0.05) is 11.6 Å². The summed E-state index contributed by atoms with van der Waals surface area (Å²) in [5.41, 5.74) is 4.68. The third-order valence-corrected chi connectivity index (χ3v) is 6.96. The Kier molecular flexibility index (Phi) is 4.55. The lowest BCUT2D eigenvalue weighted by Gasteiger charge is -2.40. The maximum Gasteiger partial charge on any atom is 0.407 e. The highest BCUT2D eigenvalue weighted by molar-refractivity contribution is 6.34. The smallest absolute Gasteiger partial charge is 0.407 e. The molecule has 1 N–H and O–H groups in total. The van der Waals surface area contributed by atoms with Gasteiger partial charge in [0.25, 0.3) is 0 Å². The Hall–Kier alpha value is -3.59. The number of aromatic nitrogens is 5. The lowest BCUT2D eigenvalue weighted by atomic mass is 10.0. The molecule has 0 aromatic carbocycles. The number of rotatable bonds is 3. The Morgan fingerprint density at radius 3 is 2.45 bits per heavy atom. The molecule has 2 saturated heterocycles. The van der Waals surface area contributed by atoms with Crippen LogP contribution < -0.4 is 4.90 Å². The number of hydrogen-bond donors (Lipinski definition) is 1. The van der Waals surface area contributed by atoms with Crippen molar-refractivity contribution >= 4 is 29.0 Å². The van der Waals surface area contributed by atoms with Gasteiger partial charge in [-0.15, -0.1) is 0 Å². The molecular weight excluding hydrogens is 442 g/mol. The van der Waals surface area contributed by atoms with Crippen molar-refractivity contribution in [3.05, 3.63) is 54.2 Å². The molecule has 33 heavy (non-hydrogen) atoms. The second-order valence-electron chi connectivity index (χ2n) is 8.72. The summed E-state index contributed by atoms with van der Waals surface area (Å²) >= 11 is 6.49. The predicted octanol–water partition coefficient (Wildman–Crippen LogP) is 3.78. The number of aryl methyl sites for hydroxylation is 1. The van der Waals surface area contributed by atoms with Crippen molar-refractivity contribution < 1.29 is 9.90 Å². The van der Waals surface area contributed by atoms with Gasteiger partial charge >= 0.3 is 6.09 Å². The Morgan fingerprint density at radius 2 is 1.82 bits per heavy atom. The monoisotopic (exact) mass is 463 g/mol. The number of amides is 1. The molecule has 1 amide bonds. The highest BCUT2D eigenvalue weighted by Gasteiger charge is 2.42. The van der Waals surface area contributed by atoms with Gasteiger partial charge in [-0.3, -0.25) is 4.68 Å². The maximum absolute atomic E-state index is 11.4. The van der Waals surface area contributed by atoms with Crippen LogP contribution in [0.5, 0.6) is 0 Å². The van der Waals surface area contributed by atoms with Crippen molar-refractivity contribution in [2.75, 3.05) is 18.0 Å². The van der Waals surface area contributed by atoms with Crippen LogP contribution in [0.15, 0.2) is 49.2 Å². The number of carbonyl (C=O) groups is 1. The summed E-state index contributed by atoms with van der Waals surface area (Å²) < 4.78 is 3.56. The van der Waals surface area contributed by atoms with Crippen molar-refractivity contribution in [1.82, 2.24) is 29.3 Å². The standard InChI is InChI=1S/C23H22ClN7O2/c1-28-10-16(8-26-28)15-6-19(22-20(24)9-27-30(22)11-15)14-2-5-21(25-7-14)31-17-3-4-18(31)13-29(12-17)23(32)33/h2,5-11,17-18H,3-4,12-13H2,1H3,(H,32,33). The van der Waals surface area contributed by atoms with Gasteiger partial charge in [0, 0.05) is 73.1 Å². The molecule has 2 atom stereocenters. The summed E-state index contributed by atoms with van der Waals surface area (Å²) in [4.78, 5) is 20.0. The quantitative estimate of drug-likeness (QED) is 0.497. The van der Waals surface area contributed by atoms with Crippen molar-refractivity contribution in [1.29, 1.82) is 0 Å². The first-order chi connectivity index (χ1) is 16.0. The van der Waals surface area contributed by atoms with E-state index in [1.54, 1.807) is 15.4 Å². The van der Waals surface area contributed by atoms with E-state index in [-0.39, 0.29) is 12.1 Å². The van der Waals surface area contributed by atoms with Gasteiger partial charge in [0.1, 0.15) is 5.82 Å². The first kappa shape index (κ1) is 20.0. The SMILES string of the molecule is Cn1cc(-c2cc(-c3ccc(N4C5CCC4CN(C(=O)O)C5)nc3)c3c(Cl)cnn3c2)cn1. The Morgan fingerprint density at radius 1 is 1.03 bits per heavy atom. The highest BCUT2D eigenvalue weighted by atomic mass is 35.5. The van der Waals surface area contributed by atoms with E-state index < -0.39 is 6.09 Å². The van der Waals surface area contributed by atoms with E-state index in [0.29, 0.717) is 18.1 Å². The molecule has 0 saturated carbocycles. The zero-order valence-electron chi connectivity index (χ0n) is 18.0. The number of carboxylic acid groups (broad SMARTS) is 1. The average molecular weight is 464 g/mol. The molecule has 9 nitrogen and oxygen atoms in total. The van der Waals surface area contributed by atoms with E-state index in [9.17, 15) is 9.90 Å². The van der Waals surface area contributed by atoms with Gasteiger partial charge in [-0.25, -0.2) is 14.3 Å². The molecule has 6 heterocycles. The van der Waals surface area contributed by atoms with Crippen molar-refractivity contribution in [3.63, 3.8) is 0 Å². The number of nitrogens with zero attached hydrogens (tertiary/aromatic N) is 7. The van der Waals surface area contributed by atoms with Gasteiger partial charge in [0.15, 0.2) is 0 Å². The van der Waals surface area contributed by atoms with E-state index in [1.807, 2.05) is 37.9 Å². The minimum atomic E-state index is -0.843. The maximum atomic E-state index is 11.4. The van der Waals surface area contributed by atoms with Gasteiger partial charge in [-0.2, -0.15) is 10.2 Å². The van der Waals surface area contributed by atoms with Crippen LogP contribution in [0.2, 0.25) is 5.02 Å². The summed E-state index contributed by atoms with van der Waals surface area (Å²) in [6.07, 6.45) is 10.4. The molecule has 6 rings (SSSR count). The second-order valence-corrected chi connectivity index (χ2v) is 9.12. The number of pyridine rings is 2. The molecule has 10 heteroatoms. The fourth-order valence-electron chi connectivity index (χ4n) is 5.16. The fourth-order valence-corrected chi connectivity index (χ4v) is 5.40.